The third-order valence-corrected chi connectivity index (χ3v) is 40.4. The van der Waals surface area contributed by atoms with Gasteiger partial charge < -0.3 is 68.0 Å². The number of thioether (sulfide) groups is 2. The van der Waals surface area contributed by atoms with Crippen LogP contribution in [-0.4, -0.2) is 221 Å². The first-order chi connectivity index (χ1) is 71.6. The second kappa shape index (κ2) is 47.2. The molecule has 0 amide bonds. The molecule has 6 aliphatic heterocycles. The van der Waals surface area contributed by atoms with Gasteiger partial charge in [0.1, 0.15) is 0 Å². The SMILES string of the molecule is Cc1c(C(=O)O)c(-c2cccc(N3CCN(c4ccc(N5CCO[P@@]5(=O)c5ccc(C[C@H](CCN6CCC(O)CC6)CSc6ccccc6)c(S(=O)(=O)C(F)(F)F)c5)cc4)CC3)c2)c(-c2ccc(Cl)cc2)n1C(C)C.Cc1c(C(=O)O)c(-c2cccc(N3CCN(c4ccc(N5CCO[P@]5(=O)c5ccc(C[C@H](CCN6CCC(O)CC6)CSc6ccccc6)c(S(=O)(=O)C(F)(F)F)c5)cc4)CC3)c2)c(-c2ccc(Cl)cc2)n1C(C)C. The lowest BCUT2D eigenvalue weighted by Crippen LogP contribution is -2.46. The number of benzene rings is 10. The Morgan fingerprint density at radius 1 is 0.407 bits per heavy atom. The van der Waals surface area contributed by atoms with Gasteiger partial charge in [0.2, 0.25) is 0 Å². The molecule has 24 nitrogen and oxygen atoms in total. The van der Waals surface area contributed by atoms with Crippen LogP contribution in [0.5, 0.6) is 0 Å². The maximum atomic E-state index is 15.0. The molecule has 18 rings (SSSR count). The van der Waals surface area contributed by atoms with Crippen molar-refractivity contribution in [2.75, 3.05) is 158 Å². The van der Waals surface area contributed by atoms with Crippen LogP contribution in [0.3, 0.4) is 0 Å². The molecule has 6 fully saturated rings. The maximum Gasteiger partial charge on any atom is 0.501 e. The highest BCUT2D eigenvalue weighted by molar-refractivity contribution is 7.99. The van der Waals surface area contributed by atoms with E-state index >= 15 is 0 Å². The Morgan fingerprint density at radius 2 is 0.733 bits per heavy atom. The van der Waals surface area contributed by atoms with E-state index in [9.17, 15) is 82.3 Å². The van der Waals surface area contributed by atoms with Crippen molar-refractivity contribution < 1.29 is 91.4 Å². The quantitative estimate of drug-likeness (QED) is 0.0166. The molecule has 0 radical (unpaired) electrons. The fourth-order valence-electron chi connectivity index (χ4n) is 21.4. The Morgan fingerprint density at radius 3 is 1.05 bits per heavy atom. The van der Waals surface area contributed by atoms with Gasteiger partial charge in [-0.3, -0.25) is 18.5 Å². The molecule has 6 saturated heterocycles. The van der Waals surface area contributed by atoms with Gasteiger partial charge in [0.15, 0.2) is 0 Å². The van der Waals surface area contributed by atoms with Crippen LogP contribution in [0.2, 0.25) is 10.0 Å². The molecule has 12 aromatic rings. The van der Waals surface area contributed by atoms with Crippen LogP contribution in [-0.2, 0) is 50.7 Å². The maximum absolute atomic E-state index is 15.0. The number of rotatable bonds is 34. The third-order valence-electron chi connectivity index (χ3n) is 29.2. The van der Waals surface area contributed by atoms with E-state index in [1.54, 1.807) is 47.8 Å². The molecule has 2 aromatic heterocycles. The van der Waals surface area contributed by atoms with E-state index in [1.165, 1.54) is 33.6 Å². The number of nitrogens with zero attached hydrogens (tertiary/aromatic N) is 10. The first-order valence-corrected chi connectivity index (χ1v) is 59.5. The minimum atomic E-state index is -5.87. The monoisotopic (exact) mass is 2210 g/mol. The third kappa shape index (κ3) is 24.5. The number of aliphatic hydroxyl groups excluding tert-OH is 2. The minimum absolute atomic E-state index is 0.00495. The number of piperidine rings is 2. The van der Waals surface area contributed by atoms with Crippen LogP contribution in [0.15, 0.2) is 262 Å². The van der Waals surface area contributed by atoms with E-state index in [0.29, 0.717) is 186 Å². The van der Waals surface area contributed by atoms with Crippen LogP contribution in [0.25, 0.3) is 44.8 Å². The molecular weight excluding hydrogens is 2080 g/mol. The predicted octanol–water partition coefficient (Wildman–Crippen LogP) is 23.7. The molecule has 0 spiro atoms. The molecular formula is C112H124Cl2F6N10O14P2S4. The number of hydrogen-bond donors (Lipinski definition) is 4. The van der Waals surface area contributed by atoms with E-state index in [1.807, 2.05) is 211 Å². The van der Waals surface area contributed by atoms with E-state index in [-0.39, 0.29) is 108 Å². The largest absolute Gasteiger partial charge is 0.501 e. The van der Waals surface area contributed by atoms with E-state index in [4.69, 9.17) is 32.2 Å². The van der Waals surface area contributed by atoms with E-state index in [2.05, 4.69) is 50.7 Å². The molecule has 6 aliphatic rings. The lowest BCUT2D eigenvalue weighted by Gasteiger charge is -2.37. The van der Waals surface area contributed by atoms with Crippen LogP contribution in [0, 0.1) is 25.7 Å². The first kappa shape index (κ1) is 111. The minimum Gasteiger partial charge on any atom is -0.478 e. The highest BCUT2D eigenvalue weighted by Gasteiger charge is 2.52. The van der Waals surface area contributed by atoms with Crippen molar-refractivity contribution in [3.05, 3.63) is 286 Å². The van der Waals surface area contributed by atoms with E-state index < -0.39 is 67.5 Å². The molecule has 0 bridgehead atoms. The summed E-state index contributed by atoms with van der Waals surface area (Å²) in [6.07, 6.45) is 3.13. The van der Waals surface area contributed by atoms with Crippen LogP contribution < -0.4 is 39.5 Å². The highest BCUT2D eigenvalue weighted by Crippen LogP contribution is 2.59. The van der Waals surface area contributed by atoms with Crippen molar-refractivity contribution in [1.82, 2.24) is 18.9 Å². The Labute approximate surface area is 891 Å². The average molecular weight is 2210 g/mol. The molecule has 4 N–H and O–H groups in total. The predicted molar refractivity (Wildman–Crippen MR) is 588 cm³/mol. The molecule has 8 heterocycles. The number of aliphatic hydroxyl groups is 2. The second-order valence-corrected chi connectivity index (χ2v) is 51.0. The van der Waals surface area contributed by atoms with Crippen molar-refractivity contribution in [3.63, 3.8) is 0 Å². The fourth-order valence-corrected chi connectivity index (χ4v) is 30.5. The molecule has 0 aliphatic carbocycles. The van der Waals surface area contributed by atoms with Gasteiger partial charge in [-0.15, -0.1) is 23.5 Å². The molecule has 4 atom stereocenters. The topological polar surface area (TPSA) is 272 Å². The number of likely N-dealkylation sites (tertiary alicyclic amines) is 2. The normalized spacial score (nSPS) is 18.5. The van der Waals surface area contributed by atoms with Gasteiger partial charge >= 0.3 is 38.0 Å². The summed E-state index contributed by atoms with van der Waals surface area (Å²) < 4.78 is 190. The molecule has 0 unspecified atom stereocenters. The Kier molecular flexibility index (Phi) is 34.8. The zero-order valence-corrected chi connectivity index (χ0v) is 90.8. The lowest BCUT2D eigenvalue weighted by atomic mass is 9.96. The van der Waals surface area contributed by atoms with Crippen LogP contribution >= 0.6 is 61.8 Å². The molecule has 38 heteroatoms. The van der Waals surface area contributed by atoms with Gasteiger partial charge in [-0.25, -0.2) is 26.4 Å². The van der Waals surface area contributed by atoms with Crippen molar-refractivity contribution in [2.45, 2.75) is 148 Å². The number of piperazine rings is 2. The molecule has 10 aromatic carbocycles. The number of hydrogen-bond acceptors (Lipinski definition) is 20. The van der Waals surface area contributed by atoms with Gasteiger partial charge in [-0.05, 0) is 297 Å². The summed E-state index contributed by atoms with van der Waals surface area (Å²) >= 11 is 15.7. The summed E-state index contributed by atoms with van der Waals surface area (Å²) in [5.74, 6) is -1.36. The zero-order valence-electron chi connectivity index (χ0n) is 84.3. The summed E-state index contributed by atoms with van der Waals surface area (Å²) in [4.78, 5) is 39.5. The highest BCUT2D eigenvalue weighted by atomic mass is 35.5. The first-order valence-electron chi connectivity index (χ1n) is 50.6. The zero-order chi connectivity index (χ0) is 106. The number of anilines is 6. The smallest absolute Gasteiger partial charge is 0.478 e. The van der Waals surface area contributed by atoms with Gasteiger partial charge in [-0.2, -0.15) is 26.3 Å². The number of alkyl halides is 6. The second-order valence-electron chi connectivity index (χ2n) is 39.5. The number of aromatic carboxylic acids is 2. The summed E-state index contributed by atoms with van der Waals surface area (Å²) in [7, 11) is -19.9. The number of sulfone groups is 2. The number of aromatic nitrogens is 2. The van der Waals surface area contributed by atoms with Crippen LogP contribution in [0.1, 0.15) is 122 Å². The number of carbonyl (C=O) groups is 2. The van der Waals surface area contributed by atoms with Gasteiger partial charge in [0.25, 0.3) is 19.7 Å². The summed E-state index contributed by atoms with van der Waals surface area (Å²) in [5, 5.41) is 42.2. The number of carboxylic acid groups (broad SMARTS) is 2. The standard InChI is InChI=1S/2C56H62ClF3N5O7PS2/c2*1-38(2)65-39(3)52(55(67)68)53(54(65)41-12-15-44(57)16-13-41)43-8-7-9-47(35-43)63-30-28-62(29-31-63)45-17-19-46(20-18-45)64-32-33-72-73(64,69)49-21-14-42(51(36-49)75(70,71)56(58,59)60)34-40(37-74-50-10-5-4-6-11-50)22-25-61-26-23-48(66)24-27-61/h2*4-21,35-36,38,40,48,66H,22-34,37H2,1-3H3,(H,67,68)/t40-,73+;40-,73-/m00/s1. The average Bonchev–Trinajstić information content (AvgIpc) is 1.63. The van der Waals surface area contributed by atoms with E-state index in [0.717, 1.165) is 78.3 Å². The van der Waals surface area contributed by atoms with Crippen molar-refractivity contribution in [3.8, 4) is 44.8 Å². The lowest BCUT2D eigenvalue weighted by molar-refractivity contribution is -0.0442. The summed E-state index contributed by atoms with van der Waals surface area (Å²) in [5.41, 5.74) is 1.62. The van der Waals surface area contributed by atoms with Crippen molar-refractivity contribution in [2.24, 2.45) is 11.8 Å². The molecule has 150 heavy (non-hydrogen) atoms. The molecule has 796 valence electrons. The van der Waals surface area contributed by atoms with Crippen molar-refractivity contribution in [1.29, 1.82) is 0 Å². The van der Waals surface area contributed by atoms with Crippen LogP contribution in [0.4, 0.5) is 60.5 Å². The Hall–Kier alpha value is -10.5. The molecule has 0 saturated carbocycles. The fraction of sp³-hybridized carbons (Fsp3) is 0.375. The Balaban J connectivity index is 0.000000204. The van der Waals surface area contributed by atoms with Gasteiger partial charge in [0, 0.05) is 179 Å². The van der Waals surface area contributed by atoms with Gasteiger partial charge in [-0.1, -0.05) is 120 Å². The summed E-state index contributed by atoms with van der Waals surface area (Å²) in [6, 6.07) is 72.4. The Bertz CT molecular complexity index is 6720. The number of carboxylic acids is 2. The van der Waals surface area contributed by atoms with Crippen molar-refractivity contribution >= 4 is 138 Å². The summed E-state index contributed by atoms with van der Waals surface area (Å²) in [6.45, 7) is 21.6. The van der Waals surface area contributed by atoms with Gasteiger partial charge in [0.05, 0.1) is 81.4 Å². The number of halogens is 8.